The topological polar surface area (TPSA) is 33.4 Å². The first-order valence-corrected chi connectivity index (χ1v) is 6.50. The molecule has 1 aromatic heterocycles. The maximum Gasteiger partial charge on any atom is 0.148 e. The zero-order valence-electron chi connectivity index (χ0n) is 9.88. The normalized spacial score (nSPS) is 10.9. The summed E-state index contributed by atoms with van der Waals surface area (Å²) in [5, 5.41) is 10.9. The lowest BCUT2D eigenvalue weighted by Gasteiger charge is -2.04. The smallest absolute Gasteiger partial charge is 0.148 e. The van der Waals surface area contributed by atoms with Crippen molar-refractivity contribution >= 4 is 22.7 Å². The summed E-state index contributed by atoms with van der Waals surface area (Å²) in [6, 6.07) is 13.4. The van der Waals surface area contributed by atoms with Gasteiger partial charge in [-0.1, -0.05) is 36.0 Å². The van der Waals surface area contributed by atoms with E-state index in [9.17, 15) is 5.11 Å². The van der Waals surface area contributed by atoms with E-state index in [2.05, 4.69) is 0 Å². The summed E-state index contributed by atoms with van der Waals surface area (Å²) in [5.74, 6) is 0.294. The number of phenolic OH excluding ortho intramolecular Hbond substituents is 1. The van der Waals surface area contributed by atoms with Crippen LogP contribution in [0.25, 0.3) is 11.0 Å². The van der Waals surface area contributed by atoms with E-state index in [4.69, 9.17) is 4.42 Å². The third-order valence-electron chi connectivity index (χ3n) is 2.84. The molecular weight excluding hydrogens is 244 g/mol. The molecule has 3 heteroatoms. The highest BCUT2D eigenvalue weighted by molar-refractivity contribution is 7.99. The minimum absolute atomic E-state index is 0.294. The zero-order chi connectivity index (χ0) is 12.5. The van der Waals surface area contributed by atoms with E-state index < -0.39 is 0 Å². The van der Waals surface area contributed by atoms with E-state index in [1.54, 1.807) is 12.3 Å². The molecule has 0 fully saturated rings. The quantitative estimate of drug-likeness (QED) is 0.727. The minimum Gasteiger partial charge on any atom is -0.507 e. The molecule has 0 atom stereocenters. The van der Waals surface area contributed by atoms with Gasteiger partial charge in [-0.3, -0.25) is 0 Å². The molecular formula is C15H12O2S. The van der Waals surface area contributed by atoms with Crippen LogP contribution in [0.5, 0.6) is 5.75 Å². The van der Waals surface area contributed by atoms with Crippen LogP contribution in [-0.4, -0.2) is 5.11 Å². The molecule has 0 spiro atoms. The lowest BCUT2D eigenvalue weighted by Crippen LogP contribution is -1.76. The van der Waals surface area contributed by atoms with E-state index in [-0.39, 0.29) is 0 Å². The first-order valence-electron chi connectivity index (χ1n) is 5.68. The number of aromatic hydroxyl groups is 1. The SMILES string of the molecule is Cc1coc2c(Sc3ccccc3O)cccc12. The highest BCUT2D eigenvalue weighted by atomic mass is 32.2. The van der Waals surface area contributed by atoms with Gasteiger partial charge in [0.1, 0.15) is 11.3 Å². The Morgan fingerprint density at radius 2 is 1.78 bits per heavy atom. The molecule has 0 unspecified atom stereocenters. The molecule has 0 bridgehead atoms. The Morgan fingerprint density at radius 1 is 1.00 bits per heavy atom. The number of rotatable bonds is 2. The van der Waals surface area contributed by atoms with Crippen LogP contribution >= 0.6 is 11.8 Å². The zero-order valence-corrected chi connectivity index (χ0v) is 10.7. The highest BCUT2D eigenvalue weighted by Gasteiger charge is 2.10. The number of furan rings is 1. The lowest BCUT2D eigenvalue weighted by molar-refractivity contribution is 0.462. The van der Waals surface area contributed by atoms with Crippen LogP contribution in [0, 0.1) is 6.92 Å². The molecule has 0 aliphatic rings. The largest absolute Gasteiger partial charge is 0.507 e. The van der Waals surface area contributed by atoms with Gasteiger partial charge in [-0.05, 0) is 30.7 Å². The van der Waals surface area contributed by atoms with E-state index in [1.807, 2.05) is 43.3 Å². The number of hydrogen-bond donors (Lipinski definition) is 1. The second-order valence-corrected chi connectivity index (χ2v) is 5.21. The minimum atomic E-state index is 0.294. The molecule has 0 saturated carbocycles. The molecule has 0 aliphatic carbocycles. The number of para-hydroxylation sites is 2. The van der Waals surface area contributed by atoms with Crippen molar-refractivity contribution in [2.75, 3.05) is 0 Å². The summed E-state index contributed by atoms with van der Waals surface area (Å²) < 4.78 is 5.59. The molecule has 2 nitrogen and oxygen atoms in total. The Balaban J connectivity index is 2.08. The van der Waals surface area contributed by atoms with Crippen molar-refractivity contribution in [2.45, 2.75) is 16.7 Å². The van der Waals surface area contributed by atoms with Gasteiger partial charge in [0.2, 0.25) is 0 Å². The van der Waals surface area contributed by atoms with Crippen molar-refractivity contribution in [3.63, 3.8) is 0 Å². The van der Waals surface area contributed by atoms with Crippen LogP contribution in [-0.2, 0) is 0 Å². The van der Waals surface area contributed by atoms with Crippen LogP contribution in [0.2, 0.25) is 0 Å². The van der Waals surface area contributed by atoms with Crippen molar-refractivity contribution in [1.29, 1.82) is 0 Å². The molecule has 0 aliphatic heterocycles. The summed E-state index contributed by atoms with van der Waals surface area (Å²) in [7, 11) is 0. The third-order valence-corrected chi connectivity index (χ3v) is 3.95. The lowest BCUT2D eigenvalue weighted by atomic mass is 10.2. The van der Waals surface area contributed by atoms with Crippen molar-refractivity contribution < 1.29 is 9.52 Å². The van der Waals surface area contributed by atoms with Gasteiger partial charge in [-0.25, -0.2) is 0 Å². The molecule has 18 heavy (non-hydrogen) atoms. The summed E-state index contributed by atoms with van der Waals surface area (Å²) in [5.41, 5.74) is 2.01. The molecule has 3 rings (SSSR count). The predicted molar refractivity (Wildman–Crippen MR) is 73.2 cm³/mol. The van der Waals surface area contributed by atoms with Crippen LogP contribution in [0.4, 0.5) is 0 Å². The fraction of sp³-hybridized carbons (Fsp3) is 0.0667. The molecule has 0 radical (unpaired) electrons. The van der Waals surface area contributed by atoms with Crippen molar-refractivity contribution in [1.82, 2.24) is 0 Å². The van der Waals surface area contributed by atoms with Crippen molar-refractivity contribution in [3.8, 4) is 5.75 Å². The highest BCUT2D eigenvalue weighted by Crippen LogP contribution is 2.38. The predicted octanol–water partition coefficient (Wildman–Crippen LogP) is 4.60. The molecule has 1 heterocycles. The number of benzene rings is 2. The average Bonchev–Trinajstić information content (AvgIpc) is 2.76. The fourth-order valence-corrected chi connectivity index (χ4v) is 2.85. The molecule has 3 aromatic rings. The summed E-state index contributed by atoms with van der Waals surface area (Å²) >= 11 is 1.51. The molecule has 90 valence electrons. The van der Waals surface area contributed by atoms with E-state index in [0.29, 0.717) is 5.75 Å². The third kappa shape index (κ3) is 1.87. The number of hydrogen-bond acceptors (Lipinski definition) is 3. The van der Waals surface area contributed by atoms with Gasteiger partial charge in [-0.15, -0.1) is 0 Å². The summed E-state index contributed by atoms with van der Waals surface area (Å²) in [6.45, 7) is 2.03. The average molecular weight is 256 g/mol. The summed E-state index contributed by atoms with van der Waals surface area (Å²) in [6.07, 6.45) is 1.76. The Morgan fingerprint density at radius 3 is 2.61 bits per heavy atom. The van der Waals surface area contributed by atoms with Gasteiger partial charge in [-0.2, -0.15) is 0 Å². The number of fused-ring (bicyclic) bond motifs is 1. The maximum absolute atomic E-state index is 9.80. The molecule has 1 N–H and O–H groups in total. The fourth-order valence-electron chi connectivity index (χ4n) is 1.90. The molecule has 2 aromatic carbocycles. The van der Waals surface area contributed by atoms with Crippen LogP contribution < -0.4 is 0 Å². The van der Waals surface area contributed by atoms with Crippen molar-refractivity contribution in [2.24, 2.45) is 0 Å². The van der Waals surface area contributed by atoms with Gasteiger partial charge in [0.15, 0.2) is 0 Å². The van der Waals surface area contributed by atoms with E-state index in [1.165, 1.54) is 11.8 Å². The maximum atomic E-state index is 9.80. The van der Waals surface area contributed by atoms with Crippen LogP contribution in [0.1, 0.15) is 5.56 Å². The van der Waals surface area contributed by atoms with Crippen molar-refractivity contribution in [3.05, 3.63) is 54.3 Å². The van der Waals surface area contributed by atoms with Crippen LogP contribution in [0.3, 0.4) is 0 Å². The van der Waals surface area contributed by atoms with Crippen LogP contribution in [0.15, 0.2) is 62.9 Å². The Kier molecular flexibility index (Phi) is 2.76. The first kappa shape index (κ1) is 11.2. The second-order valence-electron chi connectivity index (χ2n) is 4.12. The molecule has 0 saturated heterocycles. The first-order chi connectivity index (χ1) is 8.75. The van der Waals surface area contributed by atoms with Gasteiger partial charge >= 0.3 is 0 Å². The van der Waals surface area contributed by atoms with Gasteiger partial charge in [0.25, 0.3) is 0 Å². The standard InChI is InChI=1S/C15H12O2S/c1-10-9-17-15-11(10)5-4-8-14(15)18-13-7-3-2-6-12(13)16/h2-9,16H,1H3. The molecule has 0 amide bonds. The van der Waals surface area contributed by atoms with Gasteiger partial charge in [0, 0.05) is 5.39 Å². The van der Waals surface area contributed by atoms with Gasteiger partial charge < -0.3 is 9.52 Å². The number of aryl methyl sites for hydroxylation is 1. The second kappa shape index (κ2) is 4.42. The number of phenols is 1. The Bertz CT molecular complexity index is 701. The van der Waals surface area contributed by atoms with E-state index in [0.717, 1.165) is 26.3 Å². The Hall–Kier alpha value is -1.87. The monoisotopic (exact) mass is 256 g/mol. The van der Waals surface area contributed by atoms with E-state index >= 15 is 0 Å². The summed E-state index contributed by atoms with van der Waals surface area (Å²) in [4.78, 5) is 1.85. The van der Waals surface area contributed by atoms with Gasteiger partial charge in [0.05, 0.1) is 16.1 Å². The Labute approximate surface area is 109 Å².